The largest absolute Gasteiger partial charge is 0.353 e. The first-order valence-electron chi connectivity index (χ1n) is 8.82. The molecule has 5 nitrogen and oxygen atoms in total. The van der Waals surface area contributed by atoms with Gasteiger partial charge in [-0.05, 0) is 43.6 Å². The first-order chi connectivity index (χ1) is 11.8. The quantitative estimate of drug-likeness (QED) is 0.617. The van der Waals surface area contributed by atoms with Gasteiger partial charge in [0, 0.05) is 10.9 Å². The van der Waals surface area contributed by atoms with Gasteiger partial charge in [-0.2, -0.15) is 0 Å². The normalized spacial score (nSPS) is 18.4. The standard InChI is InChI=1S/C18H25N3O2S2/c1-9(2)11(4)19-14(22)8-24-18-20-16(23)15-12-6-5-10(3)7-13(12)25-17(15)21-18/h9-11H,5-8H2,1-4H3,(H,19,22)(H,20,21,23)/t10-,11-/m1/s1. The fraction of sp³-hybridized carbons (Fsp3) is 0.611. The average molecular weight is 380 g/mol. The summed E-state index contributed by atoms with van der Waals surface area (Å²) in [6, 6.07) is 0.133. The Bertz CT molecular complexity index is 841. The number of aryl methyl sites for hydroxylation is 1. The summed E-state index contributed by atoms with van der Waals surface area (Å²) in [6.07, 6.45) is 3.13. The van der Waals surface area contributed by atoms with Crippen LogP contribution in [0.1, 0.15) is 44.6 Å². The van der Waals surface area contributed by atoms with E-state index in [2.05, 4.69) is 36.1 Å². The molecule has 136 valence electrons. The molecule has 2 N–H and O–H groups in total. The third-order valence-electron chi connectivity index (χ3n) is 4.87. The van der Waals surface area contributed by atoms with Crippen molar-refractivity contribution in [3.8, 4) is 0 Å². The van der Waals surface area contributed by atoms with Crippen LogP contribution in [0.25, 0.3) is 10.2 Å². The van der Waals surface area contributed by atoms with Crippen LogP contribution in [0, 0.1) is 11.8 Å². The Morgan fingerprint density at radius 3 is 2.92 bits per heavy atom. The van der Waals surface area contributed by atoms with Crippen molar-refractivity contribution in [1.29, 1.82) is 0 Å². The van der Waals surface area contributed by atoms with Gasteiger partial charge in [0.1, 0.15) is 4.83 Å². The van der Waals surface area contributed by atoms with E-state index >= 15 is 0 Å². The van der Waals surface area contributed by atoms with Gasteiger partial charge in [0.25, 0.3) is 5.56 Å². The molecule has 2 atom stereocenters. The van der Waals surface area contributed by atoms with E-state index in [1.165, 1.54) is 22.2 Å². The van der Waals surface area contributed by atoms with Crippen molar-refractivity contribution < 1.29 is 4.79 Å². The van der Waals surface area contributed by atoms with Gasteiger partial charge in [-0.25, -0.2) is 4.98 Å². The predicted octanol–water partition coefficient (Wildman–Crippen LogP) is 3.36. The van der Waals surface area contributed by atoms with Crippen LogP contribution in [0.4, 0.5) is 0 Å². The van der Waals surface area contributed by atoms with Crippen molar-refractivity contribution in [2.75, 3.05) is 5.75 Å². The fourth-order valence-corrected chi connectivity index (χ4v) is 5.11. The number of H-pyrrole nitrogens is 1. The highest BCUT2D eigenvalue weighted by Gasteiger charge is 2.23. The molecule has 0 unspecified atom stereocenters. The summed E-state index contributed by atoms with van der Waals surface area (Å²) >= 11 is 2.92. The molecule has 2 aromatic rings. The summed E-state index contributed by atoms with van der Waals surface area (Å²) in [4.78, 5) is 34.1. The van der Waals surface area contributed by atoms with Gasteiger partial charge in [-0.3, -0.25) is 9.59 Å². The van der Waals surface area contributed by atoms with E-state index < -0.39 is 0 Å². The highest BCUT2D eigenvalue weighted by Crippen LogP contribution is 2.36. The number of aromatic amines is 1. The third kappa shape index (κ3) is 4.08. The van der Waals surface area contributed by atoms with Gasteiger partial charge in [0.15, 0.2) is 5.16 Å². The molecule has 3 rings (SSSR count). The van der Waals surface area contributed by atoms with Crippen molar-refractivity contribution in [3.05, 3.63) is 20.8 Å². The van der Waals surface area contributed by atoms with Crippen LogP contribution in [-0.4, -0.2) is 27.7 Å². The number of hydrogen-bond acceptors (Lipinski definition) is 5. The number of fused-ring (bicyclic) bond motifs is 3. The summed E-state index contributed by atoms with van der Waals surface area (Å²) < 4.78 is 0. The zero-order valence-corrected chi connectivity index (χ0v) is 16.8. The molecule has 7 heteroatoms. The lowest BCUT2D eigenvalue weighted by atomic mass is 9.89. The Morgan fingerprint density at radius 1 is 1.44 bits per heavy atom. The van der Waals surface area contributed by atoms with E-state index in [1.54, 1.807) is 11.3 Å². The van der Waals surface area contributed by atoms with Crippen LogP contribution in [0.15, 0.2) is 9.95 Å². The Kier molecular flexibility index (Phi) is 5.53. The number of aromatic nitrogens is 2. The van der Waals surface area contributed by atoms with E-state index in [4.69, 9.17) is 0 Å². The third-order valence-corrected chi connectivity index (χ3v) is 6.89. The lowest BCUT2D eigenvalue weighted by molar-refractivity contribution is -0.119. The number of nitrogens with zero attached hydrogens (tertiary/aromatic N) is 1. The topological polar surface area (TPSA) is 74.8 Å². The summed E-state index contributed by atoms with van der Waals surface area (Å²) in [5, 5.41) is 4.25. The zero-order chi connectivity index (χ0) is 18.1. The second-order valence-electron chi connectivity index (χ2n) is 7.29. The zero-order valence-electron chi connectivity index (χ0n) is 15.1. The Labute approximate surface area is 156 Å². The summed E-state index contributed by atoms with van der Waals surface area (Å²) in [5.74, 6) is 1.28. The van der Waals surface area contributed by atoms with Crippen molar-refractivity contribution in [2.24, 2.45) is 11.8 Å². The van der Waals surface area contributed by atoms with Crippen LogP contribution in [0.5, 0.6) is 0 Å². The minimum atomic E-state index is -0.0736. The number of nitrogens with one attached hydrogen (secondary N) is 2. The fourth-order valence-electron chi connectivity index (χ4n) is 2.99. The molecule has 0 aromatic carbocycles. The van der Waals surface area contributed by atoms with Gasteiger partial charge < -0.3 is 10.3 Å². The molecule has 0 saturated heterocycles. The number of rotatable bonds is 5. The molecule has 0 aliphatic heterocycles. The molecular weight excluding hydrogens is 354 g/mol. The van der Waals surface area contributed by atoms with E-state index in [0.29, 0.717) is 17.0 Å². The summed E-state index contributed by atoms with van der Waals surface area (Å²) in [7, 11) is 0. The first kappa shape index (κ1) is 18.5. The summed E-state index contributed by atoms with van der Waals surface area (Å²) in [5.41, 5.74) is 1.11. The van der Waals surface area contributed by atoms with Gasteiger partial charge in [0.05, 0.1) is 11.1 Å². The maximum atomic E-state index is 12.5. The van der Waals surface area contributed by atoms with E-state index in [0.717, 1.165) is 29.5 Å². The maximum Gasteiger partial charge on any atom is 0.260 e. The second-order valence-corrected chi connectivity index (χ2v) is 9.34. The van der Waals surface area contributed by atoms with Crippen LogP contribution < -0.4 is 10.9 Å². The molecule has 0 fully saturated rings. The van der Waals surface area contributed by atoms with Gasteiger partial charge >= 0.3 is 0 Å². The van der Waals surface area contributed by atoms with Crippen LogP contribution in [0.3, 0.4) is 0 Å². The molecule has 0 saturated carbocycles. The Balaban J connectivity index is 1.75. The van der Waals surface area contributed by atoms with Crippen LogP contribution in [-0.2, 0) is 17.6 Å². The van der Waals surface area contributed by atoms with Gasteiger partial charge in [0.2, 0.25) is 5.91 Å². The highest BCUT2D eigenvalue weighted by molar-refractivity contribution is 7.99. The second kappa shape index (κ2) is 7.50. The minimum Gasteiger partial charge on any atom is -0.353 e. The maximum absolute atomic E-state index is 12.5. The number of amides is 1. The van der Waals surface area contributed by atoms with Gasteiger partial charge in [-0.15, -0.1) is 11.3 Å². The first-order valence-corrected chi connectivity index (χ1v) is 10.6. The summed E-state index contributed by atoms with van der Waals surface area (Å²) in [6.45, 7) is 8.40. The van der Waals surface area contributed by atoms with Crippen LogP contribution >= 0.6 is 23.1 Å². The monoisotopic (exact) mass is 379 g/mol. The average Bonchev–Trinajstić information content (AvgIpc) is 2.90. The molecule has 1 aliphatic carbocycles. The number of hydrogen-bond donors (Lipinski definition) is 2. The Hall–Kier alpha value is -1.34. The van der Waals surface area contributed by atoms with E-state index in [9.17, 15) is 9.59 Å². The SMILES string of the molecule is CC(C)[C@@H](C)NC(=O)CSc1nc2sc3c(c2c(=O)[nH]1)CC[C@@H](C)C3. The van der Waals surface area contributed by atoms with Crippen molar-refractivity contribution in [3.63, 3.8) is 0 Å². The lowest BCUT2D eigenvalue weighted by Gasteiger charge is -2.17. The van der Waals surface area contributed by atoms with E-state index in [1.807, 2.05) is 6.92 Å². The Morgan fingerprint density at radius 2 is 2.20 bits per heavy atom. The molecule has 0 radical (unpaired) electrons. The van der Waals surface area contributed by atoms with Crippen molar-refractivity contribution >= 4 is 39.2 Å². The molecule has 0 spiro atoms. The number of carbonyl (C=O) groups is 1. The van der Waals surface area contributed by atoms with Crippen LogP contribution in [0.2, 0.25) is 0 Å². The smallest absolute Gasteiger partial charge is 0.260 e. The number of carbonyl (C=O) groups excluding carboxylic acids is 1. The molecule has 2 heterocycles. The lowest BCUT2D eigenvalue weighted by Crippen LogP contribution is -2.37. The molecule has 2 aromatic heterocycles. The van der Waals surface area contributed by atoms with Crippen molar-refractivity contribution in [2.45, 2.75) is 58.2 Å². The molecule has 0 bridgehead atoms. The predicted molar refractivity (Wildman–Crippen MR) is 105 cm³/mol. The van der Waals surface area contributed by atoms with E-state index in [-0.39, 0.29) is 23.3 Å². The molecule has 1 amide bonds. The molecular formula is C18H25N3O2S2. The highest BCUT2D eigenvalue weighted by atomic mass is 32.2. The number of thioether (sulfide) groups is 1. The molecule has 1 aliphatic rings. The minimum absolute atomic E-state index is 0.0340. The number of thiophene rings is 1. The molecule has 25 heavy (non-hydrogen) atoms. The van der Waals surface area contributed by atoms with Gasteiger partial charge in [-0.1, -0.05) is 32.5 Å². The van der Waals surface area contributed by atoms with Crippen molar-refractivity contribution in [1.82, 2.24) is 15.3 Å².